The van der Waals surface area contributed by atoms with Gasteiger partial charge < -0.3 is 5.32 Å². The first kappa shape index (κ1) is 17.8. The number of carbonyl (C=O) groups excluding carboxylic acids is 3. The van der Waals surface area contributed by atoms with Crippen LogP contribution in [0.1, 0.15) is 17.8 Å². The quantitative estimate of drug-likeness (QED) is 0.631. The molecule has 8 heteroatoms. The molecule has 1 saturated heterocycles. The minimum Gasteiger partial charge on any atom is -0.323 e. The predicted octanol–water partition coefficient (Wildman–Crippen LogP) is 1.63. The molecule has 2 aromatic rings. The van der Waals surface area contributed by atoms with Crippen molar-refractivity contribution in [3.8, 4) is 5.82 Å². The van der Waals surface area contributed by atoms with E-state index >= 15 is 0 Å². The molecule has 3 heterocycles. The Morgan fingerprint density at radius 3 is 2.38 bits per heavy atom. The van der Waals surface area contributed by atoms with Crippen molar-refractivity contribution >= 4 is 23.4 Å². The third-order valence-corrected chi connectivity index (χ3v) is 6.12. The van der Waals surface area contributed by atoms with Crippen molar-refractivity contribution < 1.29 is 14.4 Å². The van der Waals surface area contributed by atoms with Crippen LogP contribution in [-0.4, -0.2) is 43.9 Å². The van der Waals surface area contributed by atoms with Gasteiger partial charge in [-0.2, -0.15) is 5.10 Å². The van der Waals surface area contributed by atoms with E-state index in [2.05, 4.69) is 15.4 Å². The molecule has 2 fully saturated rings. The van der Waals surface area contributed by atoms with Crippen molar-refractivity contribution in [2.45, 2.75) is 20.3 Å². The molecule has 1 aliphatic heterocycles. The van der Waals surface area contributed by atoms with Gasteiger partial charge in [-0.1, -0.05) is 12.2 Å². The standard InChI is InChI=1S/C21H21N5O3/c1-11-7-12(2)26(24-11)16-6-5-15(9-22-16)23-17(27)10-25-20(28)18-13-3-4-14(8-13)19(18)21(25)29/h3-7,9,13-14,18-19H,8,10H2,1-2H3,(H,23,27). The summed E-state index contributed by atoms with van der Waals surface area (Å²) in [6.45, 7) is 3.59. The summed E-state index contributed by atoms with van der Waals surface area (Å²) in [5, 5.41) is 7.10. The maximum absolute atomic E-state index is 12.7. The first-order valence-corrected chi connectivity index (χ1v) is 9.75. The monoisotopic (exact) mass is 391 g/mol. The van der Waals surface area contributed by atoms with E-state index in [1.165, 1.54) is 6.20 Å². The van der Waals surface area contributed by atoms with E-state index in [0.29, 0.717) is 11.5 Å². The molecule has 2 aliphatic carbocycles. The highest BCUT2D eigenvalue weighted by molar-refractivity contribution is 6.09. The van der Waals surface area contributed by atoms with Crippen molar-refractivity contribution in [2.75, 3.05) is 11.9 Å². The zero-order valence-corrected chi connectivity index (χ0v) is 16.2. The number of likely N-dealkylation sites (tertiary alicyclic amines) is 1. The molecule has 1 saturated carbocycles. The first-order chi connectivity index (χ1) is 13.9. The maximum Gasteiger partial charge on any atom is 0.244 e. The number of carbonyl (C=O) groups is 3. The Hall–Kier alpha value is -3.29. The van der Waals surface area contributed by atoms with Crippen LogP contribution in [0.25, 0.3) is 5.82 Å². The van der Waals surface area contributed by atoms with Gasteiger partial charge in [-0.3, -0.25) is 19.3 Å². The number of nitrogens with one attached hydrogen (secondary N) is 1. The average molecular weight is 391 g/mol. The van der Waals surface area contributed by atoms with Crippen molar-refractivity contribution in [2.24, 2.45) is 23.7 Å². The van der Waals surface area contributed by atoms with E-state index in [0.717, 1.165) is 22.7 Å². The van der Waals surface area contributed by atoms with Crippen molar-refractivity contribution in [1.29, 1.82) is 0 Å². The molecule has 4 atom stereocenters. The summed E-state index contributed by atoms with van der Waals surface area (Å²) >= 11 is 0. The number of amides is 3. The molecule has 4 unspecified atom stereocenters. The molecule has 2 bridgehead atoms. The lowest BCUT2D eigenvalue weighted by molar-refractivity contribution is -0.143. The third-order valence-electron chi connectivity index (χ3n) is 6.12. The van der Waals surface area contributed by atoms with Gasteiger partial charge in [0.2, 0.25) is 17.7 Å². The van der Waals surface area contributed by atoms with Gasteiger partial charge in [-0.05, 0) is 50.3 Å². The van der Waals surface area contributed by atoms with Crippen LogP contribution in [0.5, 0.6) is 0 Å². The molecular weight excluding hydrogens is 370 g/mol. The highest BCUT2D eigenvalue weighted by Gasteiger charge is 2.59. The normalized spacial score (nSPS) is 27.0. The zero-order chi connectivity index (χ0) is 20.3. The SMILES string of the molecule is Cc1cc(C)n(-c2ccc(NC(=O)CN3C(=O)C4C5C=CC(C5)C4C3=O)cn2)n1. The van der Waals surface area contributed by atoms with Crippen LogP contribution in [0.15, 0.2) is 36.5 Å². The van der Waals surface area contributed by atoms with Crippen LogP contribution in [0.3, 0.4) is 0 Å². The second-order valence-electron chi connectivity index (χ2n) is 8.05. The zero-order valence-electron chi connectivity index (χ0n) is 16.2. The van der Waals surface area contributed by atoms with Gasteiger partial charge in [0, 0.05) is 5.69 Å². The van der Waals surface area contributed by atoms with Crippen molar-refractivity contribution in [1.82, 2.24) is 19.7 Å². The molecule has 3 aliphatic rings. The number of aryl methyl sites for hydroxylation is 2. The number of hydrogen-bond donors (Lipinski definition) is 1. The summed E-state index contributed by atoms with van der Waals surface area (Å²) in [6.07, 6.45) is 6.49. The molecule has 0 spiro atoms. The Morgan fingerprint density at radius 2 is 1.83 bits per heavy atom. The fraction of sp³-hybridized carbons (Fsp3) is 0.381. The Balaban J connectivity index is 1.25. The van der Waals surface area contributed by atoms with Gasteiger partial charge in [0.25, 0.3) is 0 Å². The van der Waals surface area contributed by atoms with Gasteiger partial charge >= 0.3 is 0 Å². The van der Waals surface area contributed by atoms with Gasteiger partial charge in [0.15, 0.2) is 5.82 Å². The highest BCUT2D eigenvalue weighted by Crippen LogP contribution is 2.52. The first-order valence-electron chi connectivity index (χ1n) is 9.75. The molecule has 0 aromatic carbocycles. The molecule has 3 amide bonds. The van der Waals surface area contributed by atoms with Gasteiger partial charge in [0.05, 0.1) is 29.4 Å². The average Bonchev–Trinajstić information content (AvgIpc) is 3.43. The maximum atomic E-state index is 12.7. The number of nitrogens with zero attached hydrogens (tertiary/aromatic N) is 4. The van der Waals surface area contributed by atoms with E-state index in [1.807, 2.05) is 32.1 Å². The second-order valence-corrected chi connectivity index (χ2v) is 8.05. The minimum absolute atomic E-state index is 0.139. The number of rotatable bonds is 4. The van der Waals surface area contributed by atoms with Gasteiger partial charge in [0.1, 0.15) is 6.54 Å². The van der Waals surface area contributed by atoms with Crippen LogP contribution in [-0.2, 0) is 14.4 Å². The van der Waals surface area contributed by atoms with E-state index in [4.69, 9.17) is 0 Å². The number of allylic oxidation sites excluding steroid dienone is 2. The summed E-state index contributed by atoms with van der Waals surface area (Å²) in [4.78, 5) is 43.3. The minimum atomic E-state index is -0.410. The lowest BCUT2D eigenvalue weighted by atomic mass is 9.85. The van der Waals surface area contributed by atoms with E-state index in [1.54, 1.807) is 16.8 Å². The number of aromatic nitrogens is 3. The summed E-state index contributed by atoms with van der Waals surface area (Å²) in [7, 11) is 0. The van der Waals surface area contributed by atoms with Crippen LogP contribution in [0.2, 0.25) is 0 Å². The molecule has 2 aromatic heterocycles. The fourth-order valence-electron chi connectivity index (χ4n) is 4.91. The molecule has 0 radical (unpaired) electrons. The lowest BCUT2D eigenvalue weighted by Gasteiger charge is -2.16. The molecule has 8 nitrogen and oxygen atoms in total. The summed E-state index contributed by atoms with van der Waals surface area (Å²) in [6, 6.07) is 5.44. The van der Waals surface area contributed by atoms with Crippen LogP contribution < -0.4 is 5.32 Å². The molecule has 29 heavy (non-hydrogen) atoms. The Bertz CT molecular complexity index is 1020. The Kier molecular flexibility index (Phi) is 3.90. The predicted molar refractivity (Wildman–Crippen MR) is 104 cm³/mol. The van der Waals surface area contributed by atoms with Gasteiger partial charge in [-0.15, -0.1) is 0 Å². The number of pyridine rings is 1. The second kappa shape index (κ2) is 6.37. The lowest BCUT2D eigenvalue weighted by Crippen LogP contribution is -2.39. The number of fused-ring (bicyclic) bond motifs is 5. The number of hydrogen-bond acceptors (Lipinski definition) is 5. The summed E-state index contributed by atoms with van der Waals surface area (Å²) in [5.74, 6) is -0.489. The molecule has 148 valence electrons. The van der Waals surface area contributed by atoms with Crippen LogP contribution in [0.4, 0.5) is 5.69 Å². The van der Waals surface area contributed by atoms with Crippen molar-refractivity contribution in [3.05, 3.63) is 47.9 Å². The number of anilines is 1. The van der Waals surface area contributed by atoms with Crippen LogP contribution in [0, 0.1) is 37.5 Å². The fourth-order valence-corrected chi connectivity index (χ4v) is 4.91. The van der Waals surface area contributed by atoms with Crippen LogP contribution >= 0.6 is 0 Å². The summed E-state index contributed by atoms with van der Waals surface area (Å²) in [5.41, 5.74) is 2.36. The van der Waals surface area contributed by atoms with Crippen molar-refractivity contribution in [3.63, 3.8) is 0 Å². The molecular formula is C21H21N5O3. The van der Waals surface area contributed by atoms with Gasteiger partial charge in [-0.25, -0.2) is 9.67 Å². The Labute approximate surface area is 167 Å². The van der Waals surface area contributed by atoms with E-state index in [-0.39, 0.29) is 42.0 Å². The summed E-state index contributed by atoms with van der Waals surface area (Å²) < 4.78 is 1.73. The van der Waals surface area contributed by atoms with E-state index in [9.17, 15) is 14.4 Å². The van der Waals surface area contributed by atoms with E-state index < -0.39 is 5.91 Å². The smallest absolute Gasteiger partial charge is 0.244 e. The topological polar surface area (TPSA) is 97.2 Å². The Morgan fingerprint density at radius 1 is 1.14 bits per heavy atom. The number of imide groups is 1. The third kappa shape index (κ3) is 2.78. The molecule has 1 N–H and O–H groups in total. The largest absolute Gasteiger partial charge is 0.323 e. The molecule has 5 rings (SSSR count). The highest BCUT2D eigenvalue weighted by atomic mass is 16.2.